The number of carbonyl (C=O) groups excluding carboxylic acids is 1. The van der Waals surface area contributed by atoms with Crippen LogP contribution in [-0.4, -0.2) is 22.4 Å². The molecule has 0 bridgehead atoms. The highest BCUT2D eigenvalue weighted by Gasteiger charge is 2.12. The molecule has 0 saturated carbocycles. The molecule has 3 rings (SSSR count). The Morgan fingerprint density at radius 3 is 2.54 bits per heavy atom. The Morgan fingerprint density at radius 2 is 1.88 bits per heavy atom. The molecule has 0 aliphatic rings. The van der Waals surface area contributed by atoms with Gasteiger partial charge in [0.2, 0.25) is 0 Å². The molecule has 6 heteroatoms. The zero-order chi connectivity index (χ0) is 18.4. The van der Waals surface area contributed by atoms with Crippen molar-refractivity contribution in [1.82, 2.24) is 9.97 Å². The molecule has 0 fully saturated rings. The highest BCUT2D eigenvalue weighted by Crippen LogP contribution is 2.16. The molecule has 0 aliphatic carbocycles. The predicted octanol–water partition coefficient (Wildman–Crippen LogP) is 4.41. The number of halogens is 1. The fourth-order valence-electron chi connectivity index (χ4n) is 2.52. The van der Waals surface area contributed by atoms with Gasteiger partial charge >= 0.3 is 0 Å². The summed E-state index contributed by atoms with van der Waals surface area (Å²) in [5, 5.41) is 3.32. The van der Waals surface area contributed by atoms with E-state index in [9.17, 15) is 4.79 Å². The van der Waals surface area contributed by atoms with Gasteiger partial charge in [-0.15, -0.1) is 0 Å². The Morgan fingerprint density at radius 1 is 1.08 bits per heavy atom. The minimum atomic E-state index is -0.322. The topological polar surface area (TPSA) is 58.1 Å². The van der Waals surface area contributed by atoms with Gasteiger partial charge in [-0.1, -0.05) is 48.0 Å². The molecule has 2 aromatic carbocycles. The first-order chi connectivity index (χ1) is 12.7. The van der Waals surface area contributed by atoms with E-state index in [0.717, 1.165) is 18.9 Å². The van der Waals surface area contributed by atoms with E-state index in [1.807, 2.05) is 18.2 Å². The molecule has 5 nitrogen and oxygen atoms in total. The zero-order valence-corrected chi connectivity index (χ0v) is 15.1. The maximum atomic E-state index is 12.3. The van der Waals surface area contributed by atoms with E-state index in [0.29, 0.717) is 10.7 Å². The Balaban J connectivity index is 1.69. The van der Waals surface area contributed by atoms with Crippen molar-refractivity contribution in [1.29, 1.82) is 0 Å². The highest BCUT2D eigenvalue weighted by molar-refractivity contribution is 6.30. The third-order valence-electron chi connectivity index (χ3n) is 3.88. The lowest BCUT2D eigenvalue weighted by molar-refractivity contribution is 0.102. The normalized spacial score (nSPS) is 10.4. The maximum absolute atomic E-state index is 12.3. The van der Waals surface area contributed by atoms with Crippen LogP contribution in [0.15, 0.2) is 67.0 Å². The third-order valence-corrected chi connectivity index (χ3v) is 4.11. The van der Waals surface area contributed by atoms with Crippen molar-refractivity contribution < 1.29 is 4.79 Å². The summed E-state index contributed by atoms with van der Waals surface area (Å²) in [6.45, 7) is 3.59. The maximum Gasteiger partial charge on any atom is 0.275 e. The van der Waals surface area contributed by atoms with E-state index in [1.54, 1.807) is 30.5 Å². The monoisotopic (exact) mass is 366 g/mol. The van der Waals surface area contributed by atoms with Gasteiger partial charge in [-0.3, -0.25) is 4.79 Å². The van der Waals surface area contributed by atoms with Crippen LogP contribution in [0.2, 0.25) is 5.02 Å². The Hall–Kier alpha value is -2.92. The van der Waals surface area contributed by atoms with E-state index in [4.69, 9.17) is 11.6 Å². The molecule has 26 heavy (non-hydrogen) atoms. The summed E-state index contributed by atoms with van der Waals surface area (Å²) >= 11 is 5.93. The number of amides is 1. The second-order valence-corrected chi connectivity index (χ2v) is 6.16. The average molecular weight is 367 g/mol. The van der Waals surface area contributed by atoms with Crippen LogP contribution >= 0.6 is 11.6 Å². The van der Waals surface area contributed by atoms with E-state index >= 15 is 0 Å². The average Bonchev–Trinajstić information content (AvgIpc) is 2.67. The molecule has 1 N–H and O–H groups in total. The van der Waals surface area contributed by atoms with Crippen LogP contribution in [0, 0.1) is 0 Å². The summed E-state index contributed by atoms with van der Waals surface area (Å²) in [6.07, 6.45) is 3.11. The summed E-state index contributed by atoms with van der Waals surface area (Å²) in [5.74, 6) is 0.410. The van der Waals surface area contributed by atoms with Crippen LogP contribution in [-0.2, 0) is 6.54 Å². The van der Waals surface area contributed by atoms with Gasteiger partial charge in [0.25, 0.3) is 5.91 Å². The first kappa shape index (κ1) is 17.9. The molecule has 3 aromatic rings. The van der Waals surface area contributed by atoms with Gasteiger partial charge in [-0.2, -0.15) is 0 Å². The van der Waals surface area contributed by atoms with Crippen LogP contribution in [0.5, 0.6) is 0 Å². The number of anilines is 2. The molecular weight excluding hydrogens is 348 g/mol. The van der Waals surface area contributed by atoms with E-state index in [2.05, 4.69) is 39.2 Å². The van der Waals surface area contributed by atoms with Crippen molar-refractivity contribution in [3.8, 4) is 0 Å². The van der Waals surface area contributed by atoms with Crippen molar-refractivity contribution in [3.63, 3.8) is 0 Å². The molecule has 0 unspecified atom stereocenters. The lowest BCUT2D eigenvalue weighted by Crippen LogP contribution is -2.24. The summed E-state index contributed by atoms with van der Waals surface area (Å²) in [6, 6.07) is 17.1. The Labute approximate surface area is 157 Å². The first-order valence-corrected chi connectivity index (χ1v) is 8.71. The zero-order valence-electron chi connectivity index (χ0n) is 14.4. The lowest BCUT2D eigenvalue weighted by Gasteiger charge is -2.21. The highest BCUT2D eigenvalue weighted by atomic mass is 35.5. The van der Waals surface area contributed by atoms with E-state index in [1.165, 1.54) is 11.8 Å². The van der Waals surface area contributed by atoms with Crippen molar-refractivity contribution in [3.05, 3.63) is 83.3 Å². The lowest BCUT2D eigenvalue weighted by atomic mass is 10.2. The molecule has 0 saturated heterocycles. The van der Waals surface area contributed by atoms with Gasteiger partial charge in [0.05, 0.1) is 12.4 Å². The minimum absolute atomic E-state index is 0.254. The van der Waals surface area contributed by atoms with Gasteiger partial charge in [0.1, 0.15) is 11.5 Å². The largest absolute Gasteiger partial charge is 0.351 e. The quantitative estimate of drug-likeness (QED) is 0.702. The fourth-order valence-corrected chi connectivity index (χ4v) is 2.71. The number of benzene rings is 2. The SMILES string of the molecule is CCN(Cc1ccccc1)c1cnc(C(=O)Nc2cccc(Cl)c2)cn1. The van der Waals surface area contributed by atoms with Gasteiger partial charge in [0, 0.05) is 23.8 Å². The number of nitrogens with one attached hydrogen (secondary N) is 1. The van der Waals surface area contributed by atoms with E-state index < -0.39 is 0 Å². The fraction of sp³-hybridized carbons (Fsp3) is 0.150. The van der Waals surface area contributed by atoms with Crippen LogP contribution < -0.4 is 10.2 Å². The number of hydrogen-bond donors (Lipinski definition) is 1. The number of carbonyl (C=O) groups is 1. The molecule has 0 atom stereocenters. The first-order valence-electron chi connectivity index (χ1n) is 8.33. The van der Waals surface area contributed by atoms with Crippen LogP contribution in [0.25, 0.3) is 0 Å². The Kier molecular flexibility index (Phi) is 5.81. The van der Waals surface area contributed by atoms with Crippen LogP contribution in [0.4, 0.5) is 11.5 Å². The van der Waals surface area contributed by atoms with Crippen molar-refractivity contribution in [2.45, 2.75) is 13.5 Å². The number of aromatic nitrogens is 2. The van der Waals surface area contributed by atoms with Crippen LogP contribution in [0.3, 0.4) is 0 Å². The van der Waals surface area contributed by atoms with Gasteiger partial charge in [-0.25, -0.2) is 9.97 Å². The smallest absolute Gasteiger partial charge is 0.275 e. The summed E-state index contributed by atoms with van der Waals surface area (Å²) in [7, 11) is 0. The van der Waals surface area contributed by atoms with Gasteiger partial charge in [0.15, 0.2) is 0 Å². The summed E-state index contributed by atoms with van der Waals surface area (Å²) in [5.41, 5.74) is 2.07. The summed E-state index contributed by atoms with van der Waals surface area (Å²) in [4.78, 5) is 23.1. The number of nitrogens with zero attached hydrogens (tertiary/aromatic N) is 3. The number of hydrogen-bond acceptors (Lipinski definition) is 4. The van der Waals surface area contributed by atoms with Gasteiger partial charge in [-0.05, 0) is 30.7 Å². The standard InChI is InChI=1S/C20H19ClN4O/c1-2-25(14-15-7-4-3-5-8-15)19-13-22-18(12-23-19)20(26)24-17-10-6-9-16(21)11-17/h3-13H,2,14H2,1H3,(H,24,26). The number of rotatable bonds is 6. The van der Waals surface area contributed by atoms with Crippen molar-refractivity contribution >= 4 is 29.0 Å². The molecule has 0 radical (unpaired) electrons. The molecule has 0 spiro atoms. The molecule has 1 aromatic heterocycles. The third kappa shape index (κ3) is 4.58. The van der Waals surface area contributed by atoms with Gasteiger partial charge < -0.3 is 10.2 Å². The minimum Gasteiger partial charge on any atom is -0.351 e. The second-order valence-electron chi connectivity index (χ2n) is 5.72. The van der Waals surface area contributed by atoms with Crippen molar-refractivity contribution in [2.75, 3.05) is 16.8 Å². The van der Waals surface area contributed by atoms with Crippen molar-refractivity contribution in [2.24, 2.45) is 0 Å². The Bertz CT molecular complexity index is 868. The molecular formula is C20H19ClN4O. The van der Waals surface area contributed by atoms with E-state index in [-0.39, 0.29) is 11.6 Å². The predicted molar refractivity (Wildman–Crippen MR) is 105 cm³/mol. The summed E-state index contributed by atoms with van der Waals surface area (Å²) < 4.78 is 0. The molecule has 1 heterocycles. The second kappa shape index (κ2) is 8.45. The molecule has 0 aliphatic heterocycles. The van der Waals surface area contributed by atoms with Crippen LogP contribution in [0.1, 0.15) is 23.0 Å². The molecule has 132 valence electrons. The molecule has 1 amide bonds.